The Morgan fingerprint density at radius 1 is 0.848 bits per heavy atom. The molecule has 0 N–H and O–H groups in total. The van der Waals surface area contributed by atoms with E-state index in [4.69, 9.17) is 15.9 Å². The van der Waals surface area contributed by atoms with Gasteiger partial charge in [0, 0.05) is 12.7 Å². The van der Waals surface area contributed by atoms with E-state index in [1.165, 1.54) is 12.1 Å². The van der Waals surface area contributed by atoms with Gasteiger partial charge in [-0.15, -0.1) is 6.42 Å². The van der Waals surface area contributed by atoms with Crippen LogP contribution in [0.5, 0.6) is 11.5 Å². The highest BCUT2D eigenvalue weighted by atomic mass is 19.4. The van der Waals surface area contributed by atoms with Crippen LogP contribution in [0.25, 0.3) is 0 Å². The maximum atomic E-state index is 13.0. The summed E-state index contributed by atoms with van der Waals surface area (Å²) in [5.74, 6) is 2.14. The second-order valence-electron chi connectivity index (χ2n) is 7.26. The third-order valence-electron chi connectivity index (χ3n) is 5.48. The minimum Gasteiger partial charge on any atom is -0.497 e. The predicted octanol–water partition coefficient (Wildman–Crippen LogP) is 5.20. The summed E-state index contributed by atoms with van der Waals surface area (Å²) >= 11 is 0. The Hall–Kier alpha value is -3.92. The van der Waals surface area contributed by atoms with Crippen LogP contribution >= 0.6 is 0 Å². The number of ether oxygens (including phenoxy) is 2. The van der Waals surface area contributed by atoms with Gasteiger partial charge in [-0.2, -0.15) is 13.2 Å². The van der Waals surface area contributed by atoms with E-state index in [0.29, 0.717) is 33.1 Å². The summed E-state index contributed by atoms with van der Waals surface area (Å²) in [6, 6.07) is 20.5. The summed E-state index contributed by atoms with van der Waals surface area (Å²) in [7, 11) is 4.17. The predicted molar refractivity (Wildman–Crippen MR) is 121 cm³/mol. The summed E-state index contributed by atoms with van der Waals surface area (Å²) < 4.78 is 49.5. The van der Waals surface area contributed by atoms with Crippen molar-refractivity contribution < 1.29 is 27.4 Å². The third kappa shape index (κ3) is 4.51. The Kier molecular flexibility index (Phi) is 6.68. The number of methoxy groups -OCH3 is 2. The van der Waals surface area contributed by atoms with E-state index in [2.05, 4.69) is 5.92 Å². The molecule has 0 unspecified atom stereocenters. The fourth-order valence-corrected chi connectivity index (χ4v) is 3.69. The van der Waals surface area contributed by atoms with E-state index >= 15 is 0 Å². The van der Waals surface area contributed by atoms with Crippen LogP contribution in [-0.2, 0) is 10.2 Å². The third-order valence-corrected chi connectivity index (χ3v) is 5.48. The number of alkyl halides is 3. The van der Waals surface area contributed by atoms with Crippen molar-refractivity contribution in [2.45, 2.75) is 11.6 Å². The molecule has 3 aromatic rings. The topological polar surface area (TPSA) is 38.8 Å². The fourth-order valence-electron chi connectivity index (χ4n) is 3.69. The molecule has 33 heavy (non-hydrogen) atoms. The summed E-state index contributed by atoms with van der Waals surface area (Å²) in [5, 5.41) is 0. The number of anilines is 1. The van der Waals surface area contributed by atoms with Gasteiger partial charge in [-0.25, -0.2) is 0 Å². The number of amides is 1. The van der Waals surface area contributed by atoms with E-state index < -0.39 is 17.5 Å². The molecule has 0 saturated carbocycles. The zero-order chi connectivity index (χ0) is 24.2. The molecule has 0 aliphatic carbocycles. The molecule has 0 aliphatic rings. The highest BCUT2D eigenvalue weighted by Crippen LogP contribution is 2.41. The molecule has 0 aliphatic heterocycles. The summed E-state index contributed by atoms with van der Waals surface area (Å²) in [4.78, 5) is 12.4. The molecule has 0 spiro atoms. The average molecular weight is 453 g/mol. The zero-order valence-corrected chi connectivity index (χ0v) is 18.3. The maximum Gasteiger partial charge on any atom is 0.471 e. The molecule has 1 amide bonds. The number of hydrogen-bond donors (Lipinski definition) is 0. The van der Waals surface area contributed by atoms with Crippen molar-refractivity contribution in [3.8, 4) is 23.8 Å². The number of carbonyl (C=O) groups is 1. The van der Waals surface area contributed by atoms with E-state index in [9.17, 15) is 18.0 Å². The first-order valence-corrected chi connectivity index (χ1v) is 9.89. The van der Waals surface area contributed by atoms with Crippen molar-refractivity contribution in [2.24, 2.45) is 0 Å². The molecule has 4 nitrogen and oxygen atoms in total. The molecule has 3 rings (SSSR count). The van der Waals surface area contributed by atoms with Crippen LogP contribution in [0.1, 0.15) is 16.7 Å². The van der Waals surface area contributed by atoms with Crippen molar-refractivity contribution in [1.29, 1.82) is 0 Å². The average Bonchev–Trinajstić information content (AvgIpc) is 2.84. The molecule has 0 saturated heterocycles. The number of rotatable bonds is 6. The smallest absolute Gasteiger partial charge is 0.471 e. The van der Waals surface area contributed by atoms with Crippen LogP contribution in [0, 0.1) is 12.3 Å². The van der Waals surface area contributed by atoms with Crippen molar-refractivity contribution in [1.82, 2.24) is 0 Å². The monoisotopic (exact) mass is 453 g/mol. The number of terminal acetylenes is 1. The van der Waals surface area contributed by atoms with Gasteiger partial charge >= 0.3 is 12.1 Å². The Morgan fingerprint density at radius 2 is 1.33 bits per heavy atom. The molecular weight excluding hydrogens is 431 g/mol. The molecule has 7 heteroatoms. The summed E-state index contributed by atoms with van der Waals surface area (Å²) in [6.07, 6.45) is 1.13. The quantitative estimate of drug-likeness (QED) is 0.381. The number of benzene rings is 3. The van der Waals surface area contributed by atoms with E-state index in [1.807, 2.05) is 0 Å². The molecule has 0 radical (unpaired) electrons. The van der Waals surface area contributed by atoms with Gasteiger partial charge in [0.25, 0.3) is 0 Å². The lowest BCUT2D eigenvalue weighted by Gasteiger charge is -2.32. The Bertz CT molecular complexity index is 1120. The van der Waals surface area contributed by atoms with Gasteiger partial charge in [-0.05, 0) is 53.1 Å². The normalized spacial score (nSPS) is 11.4. The molecule has 0 aromatic heterocycles. The zero-order valence-electron chi connectivity index (χ0n) is 18.3. The van der Waals surface area contributed by atoms with Gasteiger partial charge in [0.15, 0.2) is 0 Å². The maximum absolute atomic E-state index is 13.0. The molecule has 0 heterocycles. The van der Waals surface area contributed by atoms with Crippen LogP contribution in [0.15, 0.2) is 72.8 Å². The van der Waals surface area contributed by atoms with Crippen molar-refractivity contribution in [3.63, 3.8) is 0 Å². The first-order chi connectivity index (χ1) is 15.7. The second-order valence-corrected chi connectivity index (χ2v) is 7.26. The summed E-state index contributed by atoms with van der Waals surface area (Å²) in [5.41, 5.74) is 0.850. The first-order valence-electron chi connectivity index (χ1n) is 9.89. The standard InChI is InChI=1S/C26H22F3NO3/c1-5-25(18-9-13-22(32-3)14-10-18,19-11-15-23(33-4)16-12-19)20-7-6-8-21(17-20)30(2)24(31)26(27,28)29/h1,6-17H,2-4H3. The largest absolute Gasteiger partial charge is 0.497 e. The highest BCUT2D eigenvalue weighted by Gasteiger charge is 2.42. The lowest BCUT2D eigenvalue weighted by Crippen LogP contribution is -2.38. The van der Waals surface area contributed by atoms with E-state index in [0.717, 1.165) is 7.05 Å². The van der Waals surface area contributed by atoms with Crippen LogP contribution in [0.3, 0.4) is 0 Å². The Morgan fingerprint density at radius 3 is 1.73 bits per heavy atom. The van der Waals surface area contributed by atoms with E-state index in [-0.39, 0.29) is 5.69 Å². The van der Waals surface area contributed by atoms with Gasteiger partial charge in [-0.3, -0.25) is 4.79 Å². The highest BCUT2D eigenvalue weighted by molar-refractivity contribution is 5.96. The van der Waals surface area contributed by atoms with Crippen LogP contribution in [0.2, 0.25) is 0 Å². The molecule has 0 atom stereocenters. The molecule has 0 bridgehead atoms. The van der Waals surface area contributed by atoms with Crippen molar-refractivity contribution in [3.05, 3.63) is 89.5 Å². The Labute approximate surface area is 190 Å². The number of carbonyl (C=O) groups excluding carboxylic acids is 1. The van der Waals surface area contributed by atoms with Crippen LogP contribution in [0.4, 0.5) is 18.9 Å². The molecular formula is C26H22F3NO3. The van der Waals surface area contributed by atoms with Gasteiger partial charge < -0.3 is 14.4 Å². The lowest BCUT2D eigenvalue weighted by molar-refractivity contribution is -0.170. The van der Waals surface area contributed by atoms with Crippen LogP contribution in [-0.4, -0.2) is 33.4 Å². The fraction of sp³-hybridized carbons (Fsp3) is 0.192. The molecule has 170 valence electrons. The number of halogens is 3. The van der Waals surface area contributed by atoms with Gasteiger partial charge in [0.2, 0.25) is 0 Å². The Balaban J connectivity index is 2.23. The molecule has 3 aromatic carbocycles. The minimum atomic E-state index is -5.00. The first kappa shape index (κ1) is 23.7. The minimum absolute atomic E-state index is 0.0662. The van der Waals surface area contributed by atoms with Crippen molar-refractivity contribution in [2.75, 3.05) is 26.2 Å². The van der Waals surface area contributed by atoms with Gasteiger partial charge in [0.1, 0.15) is 16.9 Å². The van der Waals surface area contributed by atoms with E-state index in [1.54, 1.807) is 74.9 Å². The van der Waals surface area contributed by atoms with Crippen molar-refractivity contribution >= 4 is 11.6 Å². The summed E-state index contributed by atoms with van der Waals surface area (Å²) in [6.45, 7) is 0. The van der Waals surface area contributed by atoms with Crippen LogP contribution < -0.4 is 14.4 Å². The van der Waals surface area contributed by atoms with Gasteiger partial charge in [-0.1, -0.05) is 42.3 Å². The SMILES string of the molecule is C#CC(c1ccc(OC)cc1)(c1ccc(OC)cc1)c1cccc(N(C)C(=O)C(F)(F)F)c1. The number of nitrogens with zero attached hydrogens (tertiary/aromatic N) is 1. The molecule has 0 fully saturated rings. The second kappa shape index (κ2) is 9.29. The number of hydrogen-bond acceptors (Lipinski definition) is 3. The lowest BCUT2D eigenvalue weighted by atomic mass is 9.70. The van der Waals surface area contributed by atoms with Gasteiger partial charge in [0.05, 0.1) is 14.2 Å².